The van der Waals surface area contributed by atoms with E-state index >= 15 is 0 Å². The average molecular weight is 237 g/mol. The summed E-state index contributed by atoms with van der Waals surface area (Å²) < 4.78 is 0. The molecule has 5 nitrogen and oxygen atoms in total. The lowest BCUT2D eigenvalue weighted by Gasteiger charge is -2.26. The van der Waals surface area contributed by atoms with E-state index in [1.165, 1.54) is 0 Å². The van der Waals surface area contributed by atoms with E-state index < -0.39 is 5.60 Å². The van der Waals surface area contributed by atoms with Gasteiger partial charge >= 0.3 is 0 Å². The zero-order valence-corrected chi connectivity index (χ0v) is 10.5. The minimum Gasteiger partial charge on any atom is -0.387 e. The molecule has 2 N–H and O–H groups in total. The second-order valence-electron chi connectivity index (χ2n) is 4.63. The Hall–Kier alpha value is -1.46. The molecular formula is C12H19N3O2. The van der Waals surface area contributed by atoms with E-state index in [4.69, 9.17) is 0 Å². The topological polar surface area (TPSA) is 65.5 Å². The largest absolute Gasteiger partial charge is 0.387 e. The summed E-state index contributed by atoms with van der Waals surface area (Å²) >= 11 is 0. The smallest absolute Gasteiger partial charge is 0.269 e. The molecule has 0 aliphatic heterocycles. The van der Waals surface area contributed by atoms with Gasteiger partial charge in [-0.05, 0) is 33.2 Å². The first-order valence-electron chi connectivity index (χ1n) is 5.47. The summed E-state index contributed by atoms with van der Waals surface area (Å²) in [5.41, 5.74) is -0.596. The lowest BCUT2D eigenvalue weighted by atomic mass is 10.1. The maximum atomic E-state index is 11.7. The third-order valence-corrected chi connectivity index (χ3v) is 2.18. The third kappa shape index (κ3) is 4.93. The number of aromatic nitrogens is 1. The quantitative estimate of drug-likeness (QED) is 0.763. The molecule has 0 saturated carbocycles. The number of carbonyl (C=O) groups is 1. The van der Waals surface area contributed by atoms with Crippen LogP contribution in [-0.4, -0.2) is 53.7 Å². The molecule has 0 aliphatic carbocycles. The standard InChI is InChI=1S/C12H19N3O2/c1-12(17,9-15(2)3)8-14-11(16)10-6-4-5-7-13-10/h4-7,17H,8-9H2,1-3H3,(H,14,16). The fraction of sp³-hybridized carbons (Fsp3) is 0.500. The van der Waals surface area contributed by atoms with Crippen molar-refractivity contribution in [2.75, 3.05) is 27.2 Å². The summed E-state index contributed by atoms with van der Waals surface area (Å²) in [6.45, 7) is 2.36. The SMILES string of the molecule is CN(C)CC(C)(O)CNC(=O)c1ccccn1. The highest BCUT2D eigenvalue weighted by molar-refractivity contribution is 5.92. The minimum atomic E-state index is -0.950. The van der Waals surface area contributed by atoms with E-state index in [0.29, 0.717) is 12.2 Å². The van der Waals surface area contributed by atoms with E-state index in [1.807, 2.05) is 19.0 Å². The zero-order chi connectivity index (χ0) is 12.9. The van der Waals surface area contributed by atoms with E-state index in [2.05, 4.69) is 10.3 Å². The first-order valence-corrected chi connectivity index (χ1v) is 5.47. The van der Waals surface area contributed by atoms with Crippen molar-refractivity contribution in [3.05, 3.63) is 30.1 Å². The zero-order valence-electron chi connectivity index (χ0n) is 10.5. The molecule has 0 bridgehead atoms. The van der Waals surface area contributed by atoms with Crippen molar-refractivity contribution in [1.82, 2.24) is 15.2 Å². The van der Waals surface area contributed by atoms with Crippen LogP contribution in [0.15, 0.2) is 24.4 Å². The van der Waals surface area contributed by atoms with Crippen molar-refractivity contribution in [3.63, 3.8) is 0 Å². The Kier molecular flexibility index (Phi) is 4.60. The number of likely N-dealkylation sites (N-methyl/N-ethyl adjacent to an activating group) is 1. The van der Waals surface area contributed by atoms with Crippen LogP contribution in [0.3, 0.4) is 0 Å². The fourth-order valence-electron chi connectivity index (χ4n) is 1.60. The monoisotopic (exact) mass is 237 g/mol. The van der Waals surface area contributed by atoms with Crippen LogP contribution in [0.2, 0.25) is 0 Å². The van der Waals surface area contributed by atoms with Gasteiger partial charge in [0.25, 0.3) is 5.91 Å². The molecule has 94 valence electrons. The molecule has 0 radical (unpaired) electrons. The van der Waals surface area contributed by atoms with Gasteiger partial charge in [0.1, 0.15) is 5.69 Å². The number of hydrogen-bond acceptors (Lipinski definition) is 4. The molecule has 1 rings (SSSR count). The molecule has 17 heavy (non-hydrogen) atoms. The van der Waals surface area contributed by atoms with E-state index in [1.54, 1.807) is 31.3 Å². The Labute approximate surface area is 101 Å². The van der Waals surface area contributed by atoms with Crippen LogP contribution in [-0.2, 0) is 0 Å². The highest BCUT2D eigenvalue weighted by Gasteiger charge is 2.22. The first-order chi connectivity index (χ1) is 7.91. The normalized spacial score (nSPS) is 14.4. The predicted molar refractivity (Wildman–Crippen MR) is 65.7 cm³/mol. The summed E-state index contributed by atoms with van der Waals surface area (Å²) in [5, 5.41) is 12.7. The molecule has 1 atom stereocenters. The van der Waals surface area contributed by atoms with Gasteiger partial charge in [0.15, 0.2) is 0 Å². The van der Waals surface area contributed by atoms with Gasteiger partial charge in [0.2, 0.25) is 0 Å². The van der Waals surface area contributed by atoms with Crippen molar-refractivity contribution >= 4 is 5.91 Å². The highest BCUT2D eigenvalue weighted by Crippen LogP contribution is 2.03. The number of nitrogens with one attached hydrogen (secondary N) is 1. The van der Waals surface area contributed by atoms with Gasteiger partial charge in [-0.15, -0.1) is 0 Å². The van der Waals surface area contributed by atoms with Crippen molar-refractivity contribution in [2.24, 2.45) is 0 Å². The van der Waals surface area contributed by atoms with Crippen LogP contribution < -0.4 is 5.32 Å². The van der Waals surface area contributed by atoms with Crippen LogP contribution in [0.25, 0.3) is 0 Å². The second-order valence-corrected chi connectivity index (χ2v) is 4.63. The molecule has 0 saturated heterocycles. The van der Waals surface area contributed by atoms with Gasteiger partial charge in [-0.1, -0.05) is 6.07 Å². The Balaban J connectivity index is 2.48. The van der Waals surface area contributed by atoms with Gasteiger partial charge in [0, 0.05) is 19.3 Å². The number of carbonyl (C=O) groups excluding carboxylic acids is 1. The average Bonchev–Trinajstić information content (AvgIpc) is 2.25. The van der Waals surface area contributed by atoms with E-state index in [0.717, 1.165) is 0 Å². The molecular weight excluding hydrogens is 218 g/mol. The summed E-state index contributed by atoms with van der Waals surface area (Å²) in [5.74, 6) is -0.273. The molecule has 1 unspecified atom stereocenters. The van der Waals surface area contributed by atoms with Gasteiger partial charge < -0.3 is 15.3 Å². The predicted octanol–water partition coefficient (Wildman–Crippen LogP) is 0.124. The number of nitrogens with zero attached hydrogens (tertiary/aromatic N) is 2. The lowest BCUT2D eigenvalue weighted by Crippen LogP contribution is -2.47. The summed E-state index contributed by atoms with van der Waals surface area (Å²) in [6, 6.07) is 5.13. The van der Waals surface area contributed by atoms with Crippen molar-refractivity contribution in [2.45, 2.75) is 12.5 Å². The Morgan fingerprint density at radius 1 is 1.53 bits per heavy atom. The van der Waals surface area contributed by atoms with E-state index in [9.17, 15) is 9.90 Å². The Bertz CT molecular complexity index is 363. The number of rotatable bonds is 5. The Morgan fingerprint density at radius 3 is 2.76 bits per heavy atom. The fourth-order valence-corrected chi connectivity index (χ4v) is 1.60. The summed E-state index contributed by atoms with van der Waals surface area (Å²) in [6.07, 6.45) is 1.56. The number of aliphatic hydroxyl groups is 1. The minimum absolute atomic E-state index is 0.195. The summed E-state index contributed by atoms with van der Waals surface area (Å²) in [4.78, 5) is 17.5. The van der Waals surface area contributed by atoms with Crippen LogP contribution >= 0.6 is 0 Å². The summed E-state index contributed by atoms with van der Waals surface area (Å²) in [7, 11) is 3.74. The first kappa shape index (κ1) is 13.6. The van der Waals surface area contributed by atoms with Crippen LogP contribution in [0.4, 0.5) is 0 Å². The number of hydrogen-bond donors (Lipinski definition) is 2. The lowest BCUT2D eigenvalue weighted by molar-refractivity contribution is 0.0325. The maximum absolute atomic E-state index is 11.7. The number of pyridine rings is 1. The van der Waals surface area contributed by atoms with Crippen LogP contribution in [0.5, 0.6) is 0 Å². The highest BCUT2D eigenvalue weighted by atomic mass is 16.3. The van der Waals surface area contributed by atoms with Gasteiger partial charge in [-0.25, -0.2) is 0 Å². The van der Waals surface area contributed by atoms with Crippen molar-refractivity contribution < 1.29 is 9.90 Å². The van der Waals surface area contributed by atoms with Gasteiger partial charge in [-0.2, -0.15) is 0 Å². The van der Waals surface area contributed by atoms with E-state index in [-0.39, 0.29) is 12.5 Å². The molecule has 0 aliphatic rings. The Morgan fingerprint density at radius 2 is 2.24 bits per heavy atom. The van der Waals surface area contributed by atoms with Crippen LogP contribution in [0.1, 0.15) is 17.4 Å². The molecule has 1 aromatic rings. The van der Waals surface area contributed by atoms with Crippen LogP contribution in [0, 0.1) is 0 Å². The molecule has 1 aromatic heterocycles. The van der Waals surface area contributed by atoms with Gasteiger partial charge in [-0.3, -0.25) is 9.78 Å². The molecule has 0 spiro atoms. The van der Waals surface area contributed by atoms with Gasteiger partial charge in [0.05, 0.1) is 5.60 Å². The second kappa shape index (κ2) is 5.75. The van der Waals surface area contributed by atoms with Crippen molar-refractivity contribution in [1.29, 1.82) is 0 Å². The molecule has 0 fully saturated rings. The molecule has 5 heteroatoms. The molecule has 1 heterocycles. The molecule has 1 amide bonds. The van der Waals surface area contributed by atoms with Crippen molar-refractivity contribution in [3.8, 4) is 0 Å². The number of amides is 1. The maximum Gasteiger partial charge on any atom is 0.269 e. The molecule has 0 aromatic carbocycles. The third-order valence-electron chi connectivity index (χ3n) is 2.18.